The molecule has 0 saturated carbocycles. The zero-order valence-electron chi connectivity index (χ0n) is 15.5. The molecule has 7 heteroatoms. The second-order valence-electron chi connectivity index (χ2n) is 7.19. The normalized spacial score (nSPS) is 13.5. The van der Waals surface area contributed by atoms with Crippen LogP contribution in [0.2, 0.25) is 10.0 Å². The van der Waals surface area contributed by atoms with Crippen LogP contribution in [0.1, 0.15) is 47.1 Å². The van der Waals surface area contributed by atoms with Crippen LogP contribution in [0.3, 0.4) is 0 Å². The highest BCUT2D eigenvalue weighted by Gasteiger charge is 2.51. The number of halogens is 2. The Bertz CT molecular complexity index is 945. The zero-order valence-corrected chi connectivity index (χ0v) is 17.0. The Kier molecular flexibility index (Phi) is 6.08. The third kappa shape index (κ3) is 4.37. The summed E-state index contributed by atoms with van der Waals surface area (Å²) in [5.74, 6) is -1.50. The molecule has 27 heavy (non-hydrogen) atoms. The van der Waals surface area contributed by atoms with E-state index in [0.29, 0.717) is 10.6 Å². The van der Waals surface area contributed by atoms with Crippen molar-refractivity contribution in [1.29, 1.82) is 5.26 Å². The van der Waals surface area contributed by atoms with Crippen molar-refractivity contribution in [3.63, 3.8) is 0 Å². The maximum Gasteiger partial charge on any atom is 0.389 e. The van der Waals surface area contributed by atoms with E-state index >= 15 is 0 Å². The van der Waals surface area contributed by atoms with Crippen molar-refractivity contribution in [3.8, 4) is 6.19 Å². The Morgan fingerprint density at radius 2 is 1.70 bits per heavy atom. The average molecular weight is 405 g/mol. The van der Waals surface area contributed by atoms with E-state index in [9.17, 15) is 14.9 Å². The van der Waals surface area contributed by atoms with E-state index in [2.05, 4.69) is 5.43 Å². The van der Waals surface area contributed by atoms with Crippen molar-refractivity contribution in [2.24, 2.45) is 0 Å². The molecule has 0 aliphatic rings. The molecule has 0 aliphatic carbocycles. The summed E-state index contributed by atoms with van der Waals surface area (Å²) in [6.45, 7) is 7.02. The average Bonchev–Trinajstić information content (AvgIpc) is 2.60. The molecule has 0 aromatic heterocycles. The van der Waals surface area contributed by atoms with Gasteiger partial charge in [-0.1, -0.05) is 41.4 Å². The van der Waals surface area contributed by atoms with E-state index in [1.807, 2.05) is 6.19 Å². The lowest BCUT2D eigenvalue weighted by Gasteiger charge is -2.31. The Labute approximate surface area is 168 Å². The van der Waals surface area contributed by atoms with E-state index in [-0.39, 0.29) is 16.1 Å². The molecule has 2 rings (SSSR count). The number of rotatable bonds is 3. The van der Waals surface area contributed by atoms with Crippen LogP contribution in [0.5, 0.6) is 0 Å². The second-order valence-corrected chi connectivity index (χ2v) is 8.00. The zero-order chi connectivity index (χ0) is 20.4. The van der Waals surface area contributed by atoms with Gasteiger partial charge < -0.3 is 0 Å². The first-order valence-corrected chi connectivity index (χ1v) is 8.98. The highest BCUT2D eigenvalue weighted by atomic mass is 35.5. The number of aryl methyl sites for hydroxylation is 1. The number of amides is 2. The van der Waals surface area contributed by atoms with Gasteiger partial charge in [-0.2, -0.15) is 0 Å². The van der Waals surface area contributed by atoms with Crippen molar-refractivity contribution in [1.82, 2.24) is 5.43 Å². The molecule has 0 fully saturated rings. The minimum Gasteiger partial charge on any atom is -0.221 e. The smallest absolute Gasteiger partial charge is 0.221 e. The summed E-state index contributed by atoms with van der Waals surface area (Å²) >= 11 is 12.3. The van der Waals surface area contributed by atoms with Gasteiger partial charge in [0.1, 0.15) is 5.56 Å². The van der Waals surface area contributed by atoms with E-state index in [0.717, 1.165) is 0 Å². The number of carbonyl (C=O) groups excluding carboxylic acids is 2. The van der Waals surface area contributed by atoms with Gasteiger partial charge in [0.15, 0.2) is 0 Å². The topological polar surface area (TPSA) is 70.0 Å². The predicted molar refractivity (Wildman–Crippen MR) is 105 cm³/mol. The summed E-state index contributed by atoms with van der Waals surface area (Å²) < 4.78 is -1.28. The van der Waals surface area contributed by atoms with Gasteiger partial charge in [0.05, 0.1) is 16.1 Å². The molecule has 0 heterocycles. The third-order valence-corrected chi connectivity index (χ3v) is 4.49. The summed E-state index contributed by atoms with van der Waals surface area (Å²) in [6.07, 6.45) is 1.86. The van der Waals surface area contributed by atoms with Gasteiger partial charge in [-0.05, 0) is 62.1 Å². The second kappa shape index (κ2) is 7.79. The molecule has 0 radical (unpaired) electrons. The highest BCUT2D eigenvalue weighted by Crippen LogP contribution is 2.27. The Morgan fingerprint density at radius 1 is 1.07 bits per heavy atom. The van der Waals surface area contributed by atoms with E-state index in [1.165, 1.54) is 18.2 Å². The Morgan fingerprint density at radius 3 is 2.26 bits per heavy atom. The monoisotopic (exact) mass is 404 g/mol. The molecule has 2 aromatic rings. The number of nitrogens with zero attached hydrogens (tertiary/aromatic N) is 2. The summed E-state index contributed by atoms with van der Waals surface area (Å²) in [7, 11) is 0. The maximum atomic E-state index is 13.4. The third-order valence-electron chi connectivity index (χ3n) is 3.76. The maximum absolute atomic E-state index is 13.4. The van der Waals surface area contributed by atoms with Crippen LogP contribution in [0, 0.1) is 18.4 Å². The van der Waals surface area contributed by atoms with E-state index < -0.39 is 21.9 Å². The molecule has 1 atom stereocenters. The van der Waals surface area contributed by atoms with Crippen LogP contribution in [0.4, 0.5) is 0 Å². The first-order chi connectivity index (χ1) is 12.5. The fraction of sp³-hybridized carbons (Fsp3) is 0.250. The standard InChI is InChI=1S/C20H20Cl2N3O2/c1-13-7-5-10-16(17(13)22)19(27)25(12-23,24-20(2,3)4)18(26)14-8-6-9-15(21)11-14/h5-11,24H,1-4H3/q+1. The molecule has 0 bridgehead atoms. The molecule has 0 saturated heterocycles. The number of imide groups is 1. The molecule has 2 aromatic carbocycles. The molecule has 140 valence electrons. The van der Waals surface area contributed by atoms with Crippen molar-refractivity contribution in [2.45, 2.75) is 33.2 Å². The fourth-order valence-electron chi connectivity index (χ4n) is 2.62. The minimum absolute atomic E-state index is 0.0883. The Balaban J connectivity index is 2.70. The summed E-state index contributed by atoms with van der Waals surface area (Å²) in [6, 6.07) is 11.0. The summed E-state index contributed by atoms with van der Waals surface area (Å²) in [4.78, 5) is 26.7. The molecule has 1 N–H and O–H groups in total. The van der Waals surface area contributed by atoms with Crippen LogP contribution in [0.15, 0.2) is 42.5 Å². The van der Waals surface area contributed by atoms with Crippen LogP contribution in [-0.4, -0.2) is 21.9 Å². The number of hydrogen-bond donors (Lipinski definition) is 1. The molecular formula is C20H20Cl2N3O2+. The number of carbonyl (C=O) groups is 2. The first kappa shape index (κ1) is 21.1. The van der Waals surface area contributed by atoms with Crippen molar-refractivity contribution >= 4 is 35.0 Å². The van der Waals surface area contributed by atoms with Crippen LogP contribution < -0.4 is 5.43 Å². The molecule has 0 aliphatic heterocycles. The number of nitrogens with one attached hydrogen (secondary N) is 1. The van der Waals surface area contributed by atoms with E-state index in [1.54, 1.807) is 52.0 Å². The largest absolute Gasteiger partial charge is 0.389 e. The molecular weight excluding hydrogens is 385 g/mol. The fourth-order valence-corrected chi connectivity index (χ4v) is 3.02. The van der Waals surface area contributed by atoms with Crippen LogP contribution >= 0.6 is 23.2 Å². The SMILES string of the molecule is Cc1cccc(C(=O)[N+](C#N)(NC(C)(C)C)C(=O)c2cccc(Cl)c2)c1Cl. The van der Waals surface area contributed by atoms with Gasteiger partial charge in [-0.15, -0.1) is 10.7 Å². The van der Waals surface area contributed by atoms with Crippen molar-refractivity contribution in [3.05, 3.63) is 69.2 Å². The summed E-state index contributed by atoms with van der Waals surface area (Å²) in [5, 5.41) is 10.5. The Hall–Kier alpha value is -2.23. The van der Waals surface area contributed by atoms with Gasteiger partial charge in [-0.25, -0.2) is 9.59 Å². The molecule has 5 nitrogen and oxygen atoms in total. The number of quaternary nitrogens is 1. The van der Waals surface area contributed by atoms with Crippen LogP contribution in [0.25, 0.3) is 0 Å². The van der Waals surface area contributed by atoms with Gasteiger partial charge in [0.2, 0.25) is 0 Å². The van der Waals surface area contributed by atoms with Gasteiger partial charge in [0.25, 0.3) is 0 Å². The molecule has 0 spiro atoms. The lowest BCUT2D eigenvalue weighted by atomic mass is 10.1. The van der Waals surface area contributed by atoms with Crippen molar-refractivity contribution < 1.29 is 14.2 Å². The van der Waals surface area contributed by atoms with Gasteiger partial charge in [-0.3, -0.25) is 0 Å². The molecule has 1 unspecified atom stereocenters. The first-order valence-electron chi connectivity index (χ1n) is 8.22. The van der Waals surface area contributed by atoms with E-state index in [4.69, 9.17) is 23.2 Å². The predicted octanol–water partition coefficient (Wildman–Crippen LogP) is 4.88. The lowest BCUT2D eigenvalue weighted by molar-refractivity contribution is -0.755. The number of nitriles is 1. The highest BCUT2D eigenvalue weighted by molar-refractivity contribution is 6.34. The molecule has 2 amide bonds. The van der Waals surface area contributed by atoms with Gasteiger partial charge in [0, 0.05) is 5.02 Å². The van der Waals surface area contributed by atoms with Gasteiger partial charge >= 0.3 is 18.0 Å². The quantitative estimate of drug-likeness (QED) is 0.342. The van der Waals surface area contributed by atoms with Crippen LogP contribution in [-0.2, 0) is 0 Å². The lowest BCUT2D eigenvalue weighted by Crippen LogP contribution is -2.67. The number of hydrogen-bond acceptors (Lipinski definition) is 4. The number of benzene rings is 2. The van der Waals surface area contributed by atoms with Crippen molar-refractivity contribution in [2.75, 3.05) is 0 Å². The summed E-state index contributed by atoms with van der Waals surface area (Å²) in [5.41, 5.74) is 3.03. The minimum atomic E-state index is -1.28.